The molecule has 3 rings (SSSR count). The van der Waals surface area contributed by atoms with Gasteiger partial charge in [-0.15, -0.1) is 0 Å². The Morgan fingerprint density at radius 2 is 2.10 bits per heavy atom. The number of nitrogens with one attached hydrogen (secondary N) is 1. The van der Waals surface area contributed by atoms with E-state index in [2.05, 4.69) is 5.32 Å². The lowest BCUT2D eigenvalue weighted by Crippen LogP contribution is -2.23. The van der Waals surface area contributed by atoms with Crippen molar-refractivity contribution in [3.8, 4) is 11.3 Å². The Kier molecular flexibility index (Phi) is 3.80. The molecule has 0 spiro atoms. The first kappa shape index (κ1) is 13.9. The van der Waals surface area contributed by atoms with E-state index >= 15 is 0 Å². The summed E-state index contributed by atoms with van der Waals surface area (Å²) in [6.07, 6.45) is 0.794. The van der Waals surface area contributed by atoms with Crippen molar-refractivity contribution < 1.29 is 13.9 Å². The van der Waals surface area contributed by atoms with Crippen LogP contribution in [0, 0.1) is 19.8 Å². The summed E-state index contributed by atoms with van der Waals surface area (Å²) in [5.74, 6) is 1.67. The number of furan rings is 1. The summed E-state index contributed by atoms with van der Waals surface area (Å²) in [6.45, 7) is 5.09. The highest BCUT2D eigenvalue weighted by molar-refractivity contribution is 5.94. The second-order valence-corrected chi connectivity index (χ2v) is 5.49. The zero-order valence-corrected chi connectivity index (χ0v) is 12.3. The lowest BCUT2D eigenvalue weighted by Gasteiger charge is -2.12. The van der Waals surface area contributed by atoms with Crippen molar-refractivity contribution in [3.63, 3.8) is 0 Å². The lowest BCUT2D eigenvalue weighted by atomic mass is 10.1. The predicted molar refractivity (Wildman–Crippen MR) is 81.2 cm³/mol. The molecule has 0 unspecified atom stereocenters. The highest BCUT2D eigenvalue weighted by atomic mass is 16.5. The van der Waals surface area contributed by atoms with Crippen molar-refractivity contribution in [2.75, 3.05) is 18.5 Å². The van der Waals surface area contributed by atoms with Gasteiger partial charge in [-0.1, -0.05) is 12.1 Å². The van der Waals surface area contributed by atoms with Crippen LogP contribution in [-0.4, -0.2) is 19.1 Å². The van der Waals surface area contributed by atoms with E-state index in [4.69, 9.17) is 9.15 Å². The summed E-state index contributed by atoms with van der Waals surface area (Å²) in [5.41, 5.74) is 2.83. The first-order valence-corrected chi connectivity index (χ1v) is 7.19. The van der Waals surface area contributed by atoms with Crippen LogP contribution in [0.2, 0.25) is 0 Å². The van der Waals surface area contributed by atoms with E-state index in [0.29, 0.717) is 13.2 Å². The Morgan fingerprint density at radius 1 is 1.24 bits per heavy atom. The number of hydrogen-bond donors (Lipinski definition) is 1. The van der Waals surface area contributed by atoms with Crippen LogP contribution in [0.15, 0.2) is 34.7 Å². The molecule has 1 aromatic carbocycles. The molecule has 21 heavy (non-hydrogen) atoms. The van der Waals surface area contributed by atoms with E-state index in [0.717, 1.165) is 34.8 Å². The summed E-state index contributed by atoms with van der Waals surface area (Å²) in [4.78, 5) is 12.2. The van der Waals surface area contributed by atoms with Crippen LogP contribution in [0.3, 0.4) is 0 Å². The minimum Gasteiger partial charge on any atom is -0.461 e. The zero-order chi connectivity index (χ0) is 14.8. The van der Waals surface area contributed by atoms with Crippen molar-refractivity contribution in [1.29, 1.82) is 0 Å². The normalized spacial score (nSPS) is 17.9. The van der Waals surface area contributed by atoms with Crippen molar-refractivity contribution in [2.45, 2.75) is 20.3 Å². The quantitative estimate of drug-likeness (QED) is 0.938. The number of aryl methyl sites for hydroxylation is 2. The largest absolute Gasteiger partial charge is 0.461 e. The molecule has 0 saturated carbocycles. The second kappa shape index (κ2) is 5.74. The van der Waals surface area contributed by atoms with E-state index < -0.39 is 0 Å². The minimum absolute atomic E-state index is 0.0309. The molecule has 110 valence electrons. The van der Waals surface area contributed by atoms with Gasteiger partial charge in [0.1, 0.15) is 11.5 Å². The molecular formula is C17H19NO3. The summed E-state index contributed by atoms with van der Waals surface area (Å²) in [6, 6.07) is 9.83. The SMILES string of the molecule is Cc1ccc(-c2ccc(C)c(NC(=O)[C@@H]3CCOC3)c2)o1. The molecule has 1 fully saturated rings. The van der Waals surface area contributed by atoms with Gasteiger partial charge in [0.15, 0.2) is 0 Å². The molecule has 4 heteroatoms. The van der Waals surface area contributed by atoms with E-state index in [-0.39, 0.29) is 11.8 Å². The van der Waals surface area contributed by atoms with Crippen LogP contribution in [0.25, 0.3) is 11.3 Å². The first-order valence-electron chi connectivity index (χ1n) is 7.19. The fourth-order valence-corrected chi connectivity index (χ4v) is 2.48. The molecule has 4 nitrogen and oxygen atoms in total. The molecule has 0 radical (unpaired) electrons. The van der Waals surface area contributed by atoms with E-state index in [1.54, 1.807) is 0 Å². The number of ether oxygens (including phenoxy) is 1. The first-order chi connectivity index (χ1) is 10.1. The summed E-state index contributed by atoms with van der Waals surface area (Å²) < 4.78 is 10.9. The van der Waals surface area contributed by atoms with Gasteiger partial charge in [-0.2, -0.15) is 0 Å². The average Bonchev–Trinajstić information content (AvgIpc) is 3.12. The summed E-state index contributed by atoms with van der Waals surface area (Å²) in [7, 11) is 0. The zero-order valence-electron chi connectivity index (χ0n) is 12.3. The van der Waals surface area contributed by atoms with Crippen LogP contribution >= 0.6 is 0 Å². The monoisotopic (exact) mass is 285 g/mol. The number of rotatable bonds is 3. The van der Waals surface area contributed by atoms with E-state index in [1.165, 1.54) is 0 Å². The van der Waals surface area contributed by atoms with Gasteiger partial charge in [-0.3, -0.25) is 4.79 Å². The molecule has 1 N–H and O–H groups in total. The Bertz CT molecular complexity index is 654. The molecule has 1 saturated heterocycles. The Balaban J connectivity index is 1.82. The topological polar surface area (TPSA) is 51.5 Å². The highest BCUT2D eigenvalue weighted by Gasteiger charge is 2.23. The van der Waals surface area contributed by atoms with Gasteiger partial charge in [0, 0.05) is 17.9 Å². The Morgan fingerprint density at radius 3 is 2.76 bits per heavy atom. The smallest absolute Gasteiger partial charge is 0.229 e. The number of anilines is 1. The molecule has 2 heterocycles. The van der Waals surface area contributed by atoms with Gasteiger partial charge in [0.25, 0.3) is 0 Å². The number of amides is 1. The molecule has 2 aromatic rings. The third-order valence-corrected chi connectivity index (χ3v) is 3.82. The molecule has 1 aliphatic heterocycles. The van der Waals surface area contributed by atoms with Crippen LogP contribution in [0.5, 0.6) is 0 Å². The van der Waals surface area contributed by atoms with Gasteiger partial charge >= 0.3 is 0 Å². The molecule has 1 amide bonds. The fraction of sp³-hybridized carbons (Fsp3) is 0.353. The number of carbonyl (C=O) groups excluding carboxylic acids is 1. The molecule has 1 atom stereocenters. The van der Waals surface area contributed by atoms with Gasteiger partial charge in [0.2, 0.25) is 5.91 Å². The number of benzene rings is 1. The van der Waals surface area contributed by atoms with Crippen LogP contribution in [0.4, 0.5) is 5.69 Å². The standard InChI is InChI=1S/C17H19NO3/c1-11-3-5-13(16-6-4-12(2)21-16)9-15(11)18-17(19)14-7-8-20-10-14/h3-6,9,14H,7-8,10H2,1-2H3,(H,18,19)/t14-/m1/s1. The average molecular weight is 285 g/mol. The van der Waals surface area contributed by atoms with Crippen molar-refractivity contribution in [1.82, 2.24) is 0 Å². The molecule has 1 aliphatic rings. The van der Waals surface area contributed by atoms with Gasteiger partial charge in [-0.25, -0.2) is 0 Å². The van der Waals surface area contributed by atoms with Crippen LogP contribution < -0.4 is 5.32 Å². The third-order valence-electron chi connectivity index (χ3n) is 3.82. The lowest BCUT2D eigenvalue weighted by molar-refractivity contribution is -0.119. The van der Waals surface area contributed by atoms with Crippen molar-refractivity contribution >= 4 is 11.6 Å². The van der Waals surface area contributed by atoms with E-state index in [9.17, 15) is 4.79 Å². The number of hydrogen-bond acceptors (Lipinski definition) is 3. The third kappa shape index (κ3) is 3.00. The maximum atomic E-state index is 12.2. The molecule has 0 bridgehead atoms. The summed E-state index contributed by atoms with van der Waals surface area (Å²) >= 11 is 0. The van der Waals surface area contributed by atoms with E-state index in [1.807, 2.05) is 44.2 Å². The van der Waals surface area contributed by atoms with Crippen molar-refractivity contribution in [3.05, 3.63) is 41.7 Å². The number of carbonyl (C=O) groups is 1. The van der Waals surface area contributed by atoms with Crippen molar-refractivity contribution in [2.24, 2.45) is 5.92 Å². The highest BCUT2D eigenvalue weighted by Crippen LogP contribution is 2.27. The molecular weight excluding hydrogens is 266 g/mol. The summed E-state index contributed by atoms with van der Waals surface area (Å²) in [5, 5.41) is 3.01. The van der Waals surface area contributed by atoms with Gasteiger partial charge in [0.05, 0.1) is 12.5 Å². The van der Waals surface area contributed by atoms with Crippen LogP contribution in [-0.2, 0) is 9.53 Å². The van der Waals surface area contributed by atoms with Crippen LogP contribution in [0.1, 0.15) is 17.7 Å². The second-order valence-electron chi connectivity index (χ2n) is 5.49. The van der Waals surface area contributed by atoms with Gasteiger partial charge < -0.3 is 14.5 Å². The maximum absolute atomic E-state index is 12.2. The molecule has 1 aromatic heterocycles. The van der Waals surface area contributed by atoms with Gasteiger partial charge in [-0.05, 0) is 44.0 Å². The Hall–Kier alpha value is -2.07. The minimum atomic E-state index is -0.0427. The Labute approximate surface area is 124 Å². The maximum Gasteiger partial charge on any atom is 0.229 e. The fourth-order valence-electron chi connectivity index (χ4n) is 2.48. The predicted octanol–water partition coefficient (Wildman–Crippen LogP) is 3.54. The molecule has 0 aliphatic carbocycles.